The fraction of sp³-hybridized carbons (Fsp3) is 0.381. The van der Waals surface area contributed by atoms with E-state index in [1.807, 2.05) is 25.1 Å². The zero-order valence-electron chi connectivity index (χ0n) is 18.0. The van der Waals surface area contributed by atoms with Crippen LogP contribution in [0.3, 0.4) is 0 Å². The highest BCUT2D eigenvalue weighted by Crippen LogP contribution is 2.30. The SMILES string of the molecule is CCOC(=O)c1cc(S(=O)(=O)N2CCC[C@H]2C(=O)Nc2nc3ccc(C)cc3s2)cn1C. The summed E-state index contributed by atoms with van der Waals surface area (Å²) in [5, 5.41) is 3.22. The molecule has 11 heteroatoms. The van der Waals surface area contributed by atoms with Crippen LogP contribution in [0.1, 0.15) is 35.8 Å². The molecule has 9 nitrogen and oxygen atoms in total. The fourth-order valence-corrected chi connectivity index (χ4v) is 6.48. The van der Waals surface area contributed by atoms with Crippen LogP contribution in [0.25, 0.3) is 10.2 Å². The molecule has 0 radical (unpaired) electrons. The van der Waals surface area contributed by atoms with Gasteiger partial charge < -0.3 is 14.6 Å². The first-order valence-corrected chi connectivity index (χ1v) is 12.5. The molecule has 1 aliphatic heterocycles. The number of fused-ring (bicyclic) bond motifs is 1. The lowest BCUT2D eigenvalue weighted by atomic mass is 10.2. The van der Waals surface area contributed by atoms with E-state index in [0.717, 1.165) is 15.8 Å². The summed E-state index contributed by atoms with van der Waals surface area (Å²) in [5.74, 6) is -1.01. The molecule has 1 saturated heterocycles. The van der Waals surface area contributed by atoms with E-state index in [-0.39, 0.29) is 23.7 Å². The van der Waals surface area contributed by atoms with E-state index in [9.17, 15) is 18.0 Å². The highest BCUT2D eigenvalue weighted by molar-refractivity contribution is 7.89. The van der Waals surface area contributed by atoms with Crippen molar-refractivity contribution >= 4 is 48.6 Å². The van der Waals surface area contributed by atoms with Crippen LogP contribution >= 0.6 is 11.3 Å². The van der Waals surface area contributed by atoms with Gasteiger partial charge in [0.15, 0.2) is 5.13 Å². The van der Waals surface area contributed by atoms with Gasteiger partial charge in [-0.15, -0.1) is 0 Å². The Bertz CT molecular complexity index is 1290. The monoisotopic (exact) mass is 476 g/mol. The van der Waals surface area contributed by atoms with E-state index in [1.54, 1.807) is 14.0 Å². The summed E-state index contributed by atoms with van der Waals surface area (Å²) >= 11 is 1.35. The van der Waals surface area contributed by atoms with Gasteiger partial charge >= 0.3 is 5.97 Å². The van der Waals surface area contributed by atoms with Gasteiger partial charge in [0.05, 0.1) is 16.8 Å². The van der Waals surface area contributed by atoms with Gasteiger partial charge in [0.25, 0.3) is 0 Å². The van der Waals surface area contributed by atoms with Gasteiger partial charge in [0.1, 0.15) is 16.6 Å². The second-order valence-corrected chi connectivity index (χ2v) is 10.6. The molecule has 170 valence electrons. The van der Waals surface area contributed by atoms with Gasteiger partial charge in [-0.25, -0.2) is 18.2 Å². The summed E-state index contributed by atoms with van der Waals surface area (Å²) in [6.07, 6.45) is 2.34. The molecule has 0 spiro atoms. The van der Waals surface area contributed by atoms with Crippen LogP contribution in [0.15, 0.2) is 35.4 Å². The number of sulfonamides is 1. The first-order valence-electron chi connectivity index (χ1n) is 10.2. The van der Waals surface area contributed by atoms with E-state index in [0.29, 0.717) is 18.0 Å². The third-order valence-corrected chi connectivity index (χ3v) is 8.16. The standard InChI is InChI=1S/C21H24N4O5S2/c1-4-30-20(27)17-11-14(12-24(17)3)32(28,29)25-9-5-6-16(25)19(26)23-21-22-15-8-7-13(2)10-18(15)31-21/h7-8,10-12,16H,4-6,9H2,1-3H3,(H,22,23,26)/t16-/m0/s1. The lowest BCUT2D eigenvalue weighted by Gasteiger charge is -2.22. The Kier molecular flexibility index (Phi) is 6.06. The highest BCUT2D eigenvalue weighted by Gasteiger charge is 2.40. The Balaban J connectivity index is 1.56. The molecule has 1 fully saturated rings. The Morgan fingerprint density at radius 2 is 2.09 bits per heavy atom. The van der Waals surface area contributed by atoms with Gasteiger partial charge in [0.2, 0.25) is 15.9 Å². The minimum Gasteiger partial charge on any atom is -0.461 e. The van der Waals surface area contributed by atoms with Crippen molar-refractivity contribution in [2.24, 2.45) is 7.05 Å². The number of hydrogen-bond donors (Lipinski definition) is 1. The van der Waals surface area contributed by atoms with E-state index in [2.05, 4.69) is 10.3 Å². The first kappa shape index (κ1) is 22.4. The number of hydrogen-bond acceptors (Lipinski definition) is 7. The summed E-state index contributed by atoms with van der Waals surface area (Å²) in [6, 6.07) is 6.27. The largest absolute Gasteiger partial charge is 0.461 e. The van der Waals surface area contributed by atoms with Crippen molar-refractivity contribution in [2.45, 2.75) is 37.6 Å². The maximum atomic E-state index is 13.3. The predicted molar refractivity (Wildman–Crippen MR) is 121 cm³/mol. The van der Waals surface area contributed by atoms with Crippen LogP contribution in [0, 0.1) is 6.92 Å². The Hall–Kier alpha value is -2.76. The smallest absolute Gasteiger partial charge is 0.354 e. The molecular weight excluding hydrogens is 452 g/mol. The number of carbonyl (C=O) groups is 2. The van der Waals surface area contributed by atoms with Crippen LogP contribution in [0.5, 0.6) is 0 Å². The van der Waals surface area contributed by atoms with Crippen molar-refractivity contribution in [3.63, 3.8) is 0 Å². The van der Waals surface area contributed by atoms with E-state index >= 15 is 0 Å². The number of aromatic nitrogens is 2. The summed E-state index contributed by atoms with van der Waals surface area (Å²) in [5.41, 5.74) is 2.01. The van der Waals surface area contributed by atoms with Crippen molar-refractivity contribution < 1.29 is 22.7 Å². The Labute approximate surface area is 190 Å². The maximum absolute atomic E-state index is 13.3. The zero-order chi connectivity index (χ0) is 23.0. The minimum atomic E-state index is -3.98. The lowest BCUT2D eigenvalue weighted by molar-refractivity contribution is -0.119. The number of amides is 1. The fourth-order valence-electron chi connectivity index (χ4n) is 3.78. The van der Waals surface area contributed by atoms with Gasteiger partial charge in [-0.2, -0.15) is 4.31 Å². The summed E-state index contributed by atoms with van der Waals surface area (Å²) in [7, 11) is -2.40. The molecule has 2 aromatic heterocycles. The van der Waals surface area contributed by atoms with E-state index in [1.165, 1.54) is 32.5 Å². The predicted octanol–water partition coefficient (Wildman–Crippen LogP) is 2.91. The molecular formula is C21H24N4O5S2. The average molecular weight is 477 g/mol. The van der Waals surface area contributed by atoms with Gasteiger partial charge in [-0.05, 0) is 50.5 Å². The molecule has 0 bridgehead atoms. The molecule has 1 aromatic carbocycles. The van der Waals surface area contributed by atoms with Crippen molar-refractivity contribution in [1.82, 2.24) is 13.9 Å². The van der Waals surface area contributed by atoms with Gasteiger partial charge in [-0.3, -0.25) is 4.79 Å². The minimum absolute atomic E-state index is 0.0433. The number of esters is 1. The number of nitrogens with one attached hydrogen (secondary N) is 1. The first-order chi connectivity index (χ1) is 15.2. The number of anilines is 1. The Morgan fingerprint density at radius 3 is 2.84 bits per heavy atom. The summed E-state index contributed by atoms with van der Waals surface area (Å²) in [4.78, 5) is 29.4. The topological polar surface area (TPSA) is 111 Å². The van der Waals surface area contributed by atoms with Crippen molar-refractivity contribution in [1.29, 1.82) is 0 Å². The molecule has 0 unspecified atom stereocenters. The van der Waals surface area contributed by atoms with Crippen LogP contribution in [0.2, 0.25) is 0 Å². The Morgan fingerprint density at radius 1 is 1.31 bits per heavy atom. The number of benzene rings is 1. The summed E-state index contributed by atoms with van der Waals surface area (Å²) in [6.45, 7) is 4.07. The number of carbonyl (C=O) groups excluding carboxylic acids is 2. The molecule has 1 aliphatic rings. The molecule has 1 atom stereocenters. The quantitative estimate of drug-likeness (QED) is 0.548. The molecule has 3 aromatic rings. The molecule has 0 aliphatic carbocycles. The van der Waals surface area contributed by atoms with Crippen molar-refractivity contribution in [2.75, 3.05) is 18.5 Å². The van der Waals surface area contributed by atoms with Crippen LogP contribution < -0.4 is 5.32 Å². The van der Waals surface area contributed by atoms with Crippen molar-refractivity contribution in [3.05, 3.63) is 41.7 Å². The maximum Gasteiger partial charge on any atom is 0.354 e. The van der Waals surface area contributed by atoms with Crippen LogP contribution in [-0.4, -0.2) is 53.3 Å². The number of thiazole rings is 1. The second kappa shape index (κ2) is 8.64. The van der Waals surface area contributed by atoms with Crippen LogP contribution in [0.4, 0.5) is 5.13 Å². The molecule has 1 N–H and O–H groups in total. The normalized spacial score (nSPS) is 17.0. The lowest BCUT2D eigenvalue weighted by Crippen LogP contribution is -2.43. The second-order valence-electron chi connectivity index (χ2n) is 7.65. The highest BCUT2D eigenvalue weighted by atomic mass is 32.2. The number of rotatable bonds is 6. The van der Waals surface area contributed by atoms with E-state index < -0.39 is 27.9 Å². The van der Waals surface area contributed by atoms with Crippen molar-refractivity contribution in [3.8, 4) is 0 Å². The molecule has 1 amide bonds. The molecule has 0 saturated carbocycles. The zero-order valence-corrected chi connectivity index (χ0v) is 19.6. The van der Waals surface area contributed by atoms with Crippen LogP contribution in [-0.2, 0) is 26.6 Å². The average Bonchev–Trinajstić information content (AvgIpc) is 3.45. The summed E-state index contributed by atoms with van der Waals surface area (Å²) < 4.78 is 35.1. The molecule has 3 heterocycles. The van der Waals surface area contributed by atoms with Gasteiger partial charge in [0, 0.05) is 19.8 Å². The third-order valence-electron chi connectivity index (χ3n) is 5.35. The molecule has 4 rings (SSSR count). The number of nitrogens with zero attached hydrogens (tertiary/aromatic N) is 3. The number of aryl methyl sites for hydroxylation is 2. The molecule has 32 heavy (non-hydrogen) atoms. The van der Waals surface area contributed by atoms with Gasteiger partial charge in [-0.1, -0.05) is 17.4 Å². The van der Waals surface area contributed by atoms with E-state index in [4.69, 9.17) is 4.74 Å². The number of ether oxygens (including phenoxy) is 1. The third kappa shape index (κ3) is 4.15.